The molecule has 1 unspecified atom stereocenters. The van der Waals surface area contributed by atoms with Crippen molar-refractivity contribution in [2.75, 3.05) is 0 Å². The second kappa shape index (κ2) is 7.92. The van der Waals surface area contributed by atoms with Crippen LogP contribution in [-0.4, -0.2) is 53.0 Å². The van der Waals surface area contributed by atoms with Gasteiger partial charge in [-0.1, -0.05) is 0 Å². The van der Waals surface area contributed by atoms with Crippen molar-refractivity contribution in [3.8, 4) is 0 Å². The summed E-state index contributed by atoms with van der Waals surface area (Å²) in [6.07, 6.45) is 0.248. The Balaban J connectivity index is 1.66. The van der Waals surface area contributed by atoms with E-state index < -0.39 is 18.5 Å². The van der Waals surface area contributed by atoms with Gasteiger partial charge in [0.05, 0.1) is 30.3 Å². The Morgan fingerprint density at radius 2 is 1.91 bits per heavy atom. The molecule has 0 bridgehead atoms. The van der Waals surface area contributed by atoms with Crippen molar-refractivity contribution >= 4 is 5.97 Å². The van der Waals surface area contributed by atoms with E-state index in [2.05, 4.69) is 0 Å². The first-order valence-electron chi connectivity index (χ1n) is 8.65. The van der Waals surface area contributed by atoms with Gasteiger partial charge < -0.3 is 24.4 Å². The first-order chi connectivity index (χ1) is 10.8. The number of hydrogen-bond donors (Lipinski definition) is 2. The molecule has 1 saturated carbocycles. The Labute approximate surface area is 138 Å². The average Bonchev–Trinajstić information content (AvgIpc) is 3.21. The molecule has 0 aromatic heterocycles. The molecule has 1 heterocycles. The first-order valence-corrected chi connectivity index (χ1v) is 8.65. The van der Waals surface area contributed by atoms with Crippen LogP contribution < -0.4 is 0 Å². The third-order valence-corrected chi connectivity index (χ3v) is 4.58. The average molecular weight is 330 g/mol. The lowest BCUT2D eigenvalue weighted by Gasteiger charge is -2.36. The molecule has 2 fully saturated rings. The molecular weight excluding hydrogens is 300 g/mol. The molecule has 23 heavy (non-hydrogen) atoms. The smallest absolute Gasteiger partial charge is 0.309 e. The Morgan fingerprint density at radius 1 is 1.22 bits per heavy atom. The molecule has 2 N–H and O–H groups in total. The van der Waals surface area contributed by atoms with Crippen LogP contribution in [0.2, 0.25) is 0 Å². The lowest BCUT2D eigenvalue weighted by molar-refractivity contribution is -0.273. The minimum Gasteiger partial charge on any atom is -0.463 e. The number of aliphatic hydroxyl groups is 2. The summed E-state index contributed by atoms with van der Waals surface area (Å²) in [6, 6.07) is 0. The highest BCUT2D eigenvalue weighted by Crippen LogP contribution is 2.43. The summed E-state index contributed by atoms with van der Waals surface area (Å²) in [5.41, 5.74) is 0. The van der Waals surface area contributed by atoms with Gasteiger partial charge in [0.2, 0.25) is 0 Å². The fourth-order valence-corrected chi connectivity index (χ4v) is 2.99. The molecular formula is C17H30O6. The topological polar surface area (TPSA) is 85.2 Å². The largest absolute Gasteiger partial charge is 0.463 e. The van der Waals surface area contributed by atoms with E-state index in [1.807, 2.05) is 20.8 Å². The molecule has 6 nitrogen and oxygen atoms in total. The van der Waals surface area contributed by atoms with Gasteiger partial charge in [0.15, 0.2) is 6.29 Å². The van der Waals surface area contributed by atoms with Crippen LogP contribution in [0.3, 0.4) is 0 Å². The van der Waals surface area contributed by atoms with E-state index in [-0.39, 0.29) is 36.6 Å². The van der Waals surface area contributed by atoms with Crippen LogP contribution in [-0.2, 0) is 19.0 Å². The minimum absolute atomic E-state index is 0.0382. The Hall–Kier alpha value is -0.690. The maximum absolute atomic E-state index is 11.8. The predicted octanol–water partition coefficient (Wildman–Crippen LogP) is 1.62. The van der Waals surface area contributed by atoms with Crippen molar-refractivity contribution in [2.24, 2.45) is 11.8 Å². The Morgan fingerprint density at radius 3 is 2.57 bits per heavy atom. The summed E-state index contributed by atoms with van der Waals surface area (Å²) in [4.78, 5) is 11.8. The van der Waals surface area contributed by atoms with E-state index in [0.29, 0.717) is 5.92 Å². The van der Waals surface area contributed by atoms with Crippen LogP contribution >= 0.6 is 0 Å². The van der Waals surface area contributed by atoms with E-state index >= 15 is 0 Å². The van der Waals surface area contributed by atoms with E-state index in [9.17, 15) is 15.0 Å². The van der Waals surface area contributed by atoms with Crippen molar-refractivity contribution in [3.63, 3.8) is 0 Å². The zero-order valence-corrected chi connectivity index (χ0v) is 14.5. The van der Waals surface area contributed by atoms with Crippen molar-refractivity contribution in [1.29, 1.82) is 0 Å². The minimum atomic E-state index is -0.807. The Kier molecular flexibility index (Phi) is 6.42. The molecule has 0 radical (unpaired) electrons. The van der Waals surface area contributed by atoms with Crippen LogP contribution in [0.1, 0.15) is 53.4 Å². The number of ether oxygens (including phenoxy) is 3. The van der Waals surface area contributed by atoms with E-state index in [1.54, 1.807) is 6.92 Å². The van der Waals surface area contributed by atoms with Gasteiger partial charge in [0.25, 0.3) is 0 Å². The summed E-state index contributed by atoms with van der Waals surface area (Å²) in [7, 11) is 0. The molecule has 1 aliphatic heterocycles. The van der Waals surface area contributed by atoms with Gasteiger partial charge in [-0.15, -0.1) is 0 Å². The molecule has 134 valence electrons. The highest BCUT2D eigenvalue weighted by Gasteiger charge is 2.44. The fourth-order valence-electron chi connectivity index (χ4n) is 2.99. The summed E-state index contributed by atoms with van der Waals surface area (Å²) in [5.74, 6) is 0.328. The molecule has 1 saturated heterocycles. The van der Waals surface area contributed by atoms with Crippen molar-refractivity contribution in [3.05, 3.63) is 0 Å². The lowest BCUT2D eigenvalue weighted by atomic mass is 10.0. The highest BCUT2D eigenvalue weighted by molar-refractivity contribution is 5.75. The number of carbonyl (C=O) groups is 1. The number of rotatable bonds is 7. The number of hydrogen-bond acceptors (Lipinski definition) is 6. The van der Waals surface area contributed by atoms with Crippen LogP contribution in [0, 0.1) is 11.8 Å². The molecule has 1 aliphatic carbocycles. The van der Waals surface area contributed by atoms with Gasteiger partial charge in [-0.3, -0.25) is 4.79 Å². The third kappa shape index (κ3) is 5.41. The standard InChI is InChI=1S/C17H30O6/c1-9(2)21-16(20)13-7-12(13)6-5-10(3)22-17-15(19)8-14(18)11(4)23-17/h9-15,17-19H,5-8H2,1-4H3/t10-,11+,12?,13+,14-,15-,17-/m1/s1. The predicted molar refractivity (Wildman–Crippen MR) is 83.6 cm³/mol. The van der Waals surface area contributed by atoms with E-state index in [0.717, 1.165) is 19.3 Å². The molecule has 0 aromatic rings. The van der Waals surface area contributed by atoms with Crippen molar-refractivity contribution in [2.45, 2.75) is 90.2 Å². The first kappa shape index (κ1) is 18.6. The molecule has 2 rings (SSSR count). The van der Waals surface area contributed by atoms with Gasteiger partial charge in [-0.2, -0.15) is 0 Å². The zero-order chi connectivity index (χ0) is 17.1. The molecule has 0 amide bonds. The summed E-state index contributed by atoms with van der Waals surface area (Å²) < 4.78 is 16.5. The van der Waals surface area contributed by atoms with E-state index in [4.69, 9.17) is 14.2 Å². The molecule has 7 atom stereocenters. The SMILES string of the molecule is CC(C)OC(=O)[C@H]1CC1CC[C@@H](C)O[C@@H]1O[C@@H](C)[C@H](O)C[C@H]1O. The molecule has 0 spiro atoms. The second-order valence-corrected chi connectivity index (χ2v) is 7.19. The summed E-state index contributed by atoms with van der Waals surface area (Å²) in [6.45, 7) is 7.43. The van der Waals surface area contributed by atoms with Crippen LogP contribution in [0.25, 0.3) is 0 Å². The highest BCUT2D eigenvalue weighted by atomic mass is 16.7. The third-order valence-electron chi connectivity index (χ3n) is 4.58. The van der Waals surface area contributed by atoms with Gasteiger partial charge in [-0.05, 0) is 52.9 Å². The quantitative estimate of drug-likeness (QED) is 0.690. The maximum atomic E-state index is 11.8. The molecule has 6 heteroatoms. The van der Waals surface area contributed by atoms with Gasteiger partial charge >= 0.3 is 5.97 Å². The van der Waals surface area contributed by atoms with Crippen LogP contribution in [0.4, 0.5) is 0 Å². The molecule has 2 aliphatic rings. The molecule has 0 aromatic carbocycles. The summed E-state index contributed by atoms with van der Waals surface area (Å²) >= 11 is 0. The maximum Gasteiger partial charge on any atom is 0.309 e. The van der Waals surface area contributed by atoms with Gasteiger partial charge in [0, 0.05) is 6.42 Å². The number of aliphatic hydroxyl groups excluding tert-OH is 2. The second-order valence-electron chi connectivity index (χ2n) is 7.19. The van der Waals surface area contributed by atoms with Crippen LogP contribution in [0.5, 0.6) is 0 Å². The van der Waals surface area contributed by atoms with Crippen LogP contribution in [0.15, 0.2) is 0 Å². The monoisotopic (exact) mass is 330 g/mol. The Bertz CT molecular complexity index is 399. The number of esters is 1. The van der Waals surface area contributed by atoms with Crippen molar-refractivity contribution in [1.82, 2.24) is 0 Å². The van der Waals surface area contributed by atoms with Gasteiger partial charge in [-0.25, -0.2) is 0 Å². The lowest BCUT2D eigenvalue weighted by Crippen LogP contribution is -2.48. The van der Waals surface area contributed by atoms with Crippen molar-refractivity contribution < 1.29 is 29.2 Å². The number of carbonyl (C=O) groups excluding carboxylic acids is 1. The van der Waals surface area contributed by atoms with Gasteiger partial charge in [0.1, 0.15) is 6.10 Å². The zero-order valence-electron chi connectivity index (χ0n) is 14.5. The van der Waals surface area contributed by atoms with E-state index in [1.165, 1.54) is 0 Å². The fraction of sp³-hybridized carbons (Fsp3) is 0.941. The summed E-state index contributed by atoms with van der Waals surface area (Å²) in [5, 5.41) is 19.6. The normalized spacial score (nSPS) is 38.4.